The molecule has 0 radical (unpaired) electrons. The maximum absolute atomic E-state index is 8.71. The molecule has 17 heavy (non-hydrogen) atoms. The first-order chi connectivity index (χ1) is 8.38. The van der Waals surface area contributed by atoms with E-state index in [4.69, 9.17) is 5.26 Å². The van der Waals surface area contributed by atoms with Crippen LogP contribution in [0.25, 0.3) is 16.9 Å². The second kappa shape index (κ2) is 3.76. The highest BCUT2D eigenvalue weighted by molar-refractivity contribution is 5.63. The van der Waals surface area contributed by atoms with Crippen LogP contribution in [0.5, 0.6) is 0 Å². The van der Waals surface area contributed by atoms with Gasteiger partial charge in [0.25, 0.3) is 0 Å². The van der Waals surface area contributed by atoms with E-state index >= 15 is 0 Å². The minimum Gasteiger partial charge on any atom is -0.318 e. The quantitative estimate of drug-likeness (QED) is 0.664. The summed E-state index contributed by atoms with van der Waals surface area (Å²) in [5.41, 5.74) is 2.74. The van der Waals surface area contributed by atoms with E-state index in [0.717, 1.165) is 16.9 Å². The van der Waals surface area contributed by atoms with Gasteiger partial charge in [-0.25, -0.2) is 4.52 Å². The van der Waals surface area contributed by atoms with Crippen LogP contribution in [0, 0.1) is 11.3 Å². The zero-order chi connectivity index (χ0) is 11.7. The minimum absolute atomic E-state index is 0.328. The van der Waals surface area contributed by atoms with E-state index in [1.54, 1.807) is 16.9 Å². The SMILES string of the molecule is N#CCn1ccn2nc(-c3cccnc3)cc12. The second-order valence-corrected chi connectivity index (χ2v) is 3.66. The molecule has 3 heterocycles. The molecule has 0 aliphatic carbocycles. The Hall–Kier alpha value is -2.61. The van der Waals surface area contributed by atoms with E-state index in [9.17, 15) is 0 Å². The van der Waals surface area contributed by atoms with Crippen molar-refractivity contribution >= 4 is 5.65 Å². The zero-order valence-corrected chi connectivity index (χ0v) is 8.98. The van der Waals surface area contributed by atoms with Crippen molar-refractivity contribution in [3.63, 3.8) is 0 Å². The lowest BCUT2D eigenvalue weighted by Gasteiger charge is -1.93. The number of fused-ring (bicyclic) bond motifs is 1. The van der Waals surface area contributed by atoms with Crippen LogP contribution in [0.1, 0.15) is 0 Å². The van der Waals surface area contributed by atoms with Gasteiger partial charge in [0.2, 0.25) is 0 Å². The van der Waals surface area contributed by atoms with E-state index in [1.165, 1.54) is 0 Å². The van der Waals surface area contributed by atoms with Crippen LogP contribution < -0.4 is 0 Å². The number of hydrogen-bond acceptors (Lipinski definition) is 3. The summed E-state index contributed by atoms with van der Waals surface area (Å²) < 4.78 is 3.62. The third kappa shape index (κ3) is 1.56. The summed E-state index contributed by atoms with van der Waals surface area (Å²) in [4.78, 5) is 4.07. The van der Waals surface area contributed by atoms with Crippen LogP contribution >= 0.6 is 0 Å². The lowest BCUT2D eigenvalue weighted by Crippen LogP contribution is -1.92. The largest absolute Gasteiger partial charge is 0.318 e. The molecule has 3 rings (SSSR count). The van der Waals surface area contributed by atoms with E-state index in [1.807, 2.05) is 35.2 Å². The van der Waals surface area contributed by atoms with E-state index in [0.29, 0.717) is 6.54 Å². The lowest BCUT2D eigenvalue weighted by molar-refractivity contribution is 0.859. The molecule has 0 bridgehead atoms. The van der Waals surface area contributed by atoms with Gasteiger partial charge in [-0.05, 0) is 12.1 Å². The summed E-state index contributed by atoms with van der Waals surface area (Å²) in [6, 6.07) is 7.91. The highest BCUT2D eigenvalue weighted by atomic mass is 15.3. The van der Waals surface area contributed by atoms with Crippen molar-refractivity contribution in [1.29, 1.82) is 5.26 Å². The van der Waals surface area contributed by atoms with Gasteiger partial charge < -0.3 is 4.57 Å². The number of imidazole rings is 1. The molecule has 82 valence electrons. The van der Waals surface area contributed by atoms with Crippen LogP contribution in [-0.2, 0) is 6.54 Å². The first kappa shape index (κ1) is 9.60. The molecule has 0 fully saturated rings. The van der Waals surface area contributed by atoms with Gasteiger partial charge in [0.15, 0.2) is 0 Å². The van der Waals surface area contributed by atoms with Crippen LogP contribution in [-0.4, -0.2) is 19.2 Å². The molecule has 0 N–H and O–H groups in total. The molecule has 0 spiro atoms. The van der Waals surface area contributed by atoms with E-state index in [2.05, 4.69) is 16.2 Å². The molecule has 3 aromatic heterocycles. The molecule has 0 unspecified atom stereocenters. The molecule has 0 saturated heterocycles. The molecule has 0 aromatic carbocycles. The lowest BCUT2D eigenvalue weighted by atomic mass is 10.2. The fourth-order valence-electron chi connectivity index (χ4n) is 1.79. The summed E-state index contributed by atoms with van der Waals surface area (Å²) in [5.74, 6) is 0. The normalized spacial score (nSPS) is 10.5. The Balaban J connectivity index is 2.12. The van der Waals surface area contributed by atoms with Gasteiger partial charge in [0.05, 0.1) is 11.8 Å². The van der Waals surface area contributed by atoms with Gasteiger partial charge >= 0.3 is 0 Å². The third-order valence-corrected chi connectivity index (χ3v) is 2.60. The van der Waals surface area contributed by atoms with Gasteiger partial charge in [0.1, 0.15) is 12.2 Å². The minimum atomic E-state index is 0.328. The van der Waals surface area contributed by atoms with E-state index < -0.39 is 0 Å². The maximum atomic E-state index is 8.71. The summed E-state index contributed by atoms with van der Waals surface area (Å²) in [7, 11) is 0. The molecular formula is C12H9N5. The van der Waals surface area contributed by atoms with Crippen LogP contribution in [0.2, 0.25) is 0 Å². The number of nitriles is 1. The first-order valence-electron chi connectivity index (χ1n) is 5.20. The van der Waals surface area contributed by atoms with Crippen LogP contribution in [0.3, 0.4) is 0 Å². The topological polar surface area (TPSA) is 58.9 Å². The fourth-order valence-corrected chi connectivity index (χ4v) is 1.79. The predicted molar refractivity (Wildman–Crippen MR) is 62.0 cm³/mol. The van der Waals surface area contributed by atoms with Gasteiger partial charge in [-0.2, -0.15) is 10.4 Å². The summed E-state index contributed by atoms with van der Waals surface area (Å²) in [6.07, 6.45) is 7.19. The molecule has 0 aliphatic rings. The molecule has 0 saturated carbocycles. The van der Waals surface area contributed by atoms with Gasteiger partial charge in [0, 0.05) is 36.4 Å². The van der Waals surface area contributed by atoms with Crippen LogP contribution in [0.4, 0.5) is 0 Å². The highest BCUT2D eigenvalue weighted by Gasteiger charge is 2.07. The number of nitrogens with zero attached hydrogens (tertiary/aromatic N) is 5. The monoisotopic (exact) mass is 223 g/mol. The van der Waals surface area contributed by atoms with Crippen molar-refractivity contribution in [2.45, 2.75) is 6.54 Å². The average Bonchev–Trinajstić information content (AvgIpc) is 2.93. The Morgan fingerprint density at radius 3 is 3.06 bits per heavy atom. The molecule has 0 atom stereocenters. The molecule has 0 aliphatic heterocycles. The van der Waals surface area contributed by atoms with Crippen molar-refractivity contribution in [3.05, 3.63) is 43.0 Å². The Bertz CT molecular complexity index is 687. The Morgan fingerprint density at radius 2 is 2.29 bits per heavy atom. The molecule has 5 nitrogen and oxygen atoms in total. The summed E-state index contributed by atoms with van der Waals surface area (Å²) in [5, 5.41) is 13.1. The van der Waals surface area contributed by atoms with Crippen molar-refractivity contribution in [2.24, 2.45) is 0 Å². The second-order valence-electron chi connectivity index (χ2n) is 3.66. The molecular weight excluding hydrogens is 214 g/mol. The molecule has 3 aromatic rings. The predicted octanol–water partition coefficient (Wildman–Crippen LogP) is 1.72. The maximum Gasteiger partial charge on any atom is 0.137 e. The Morgan fingerprint density at radius 1 is 1.35 bits per heavy atom. The number of pyridine rings is 1. The van der Waals surface area contributed by atoms with Gasteiger partial charge in [-0.1, -0.05) is 0 Å². The average molecular weight is 223 g/mol. The summed E-state index contributed by atoms with van der Waals surface area (Å²) >= 11 is 0. The standard InChI is InChI=1S/C12H9N5/c13-3-5-16-6-7-17-12(16)8-11(15-17)10-2-1-4-14-9-10/h1-2,4,6-9H,5H2. The number of hydrogen-bond donors (Lipinski definition) is 0. The Kier molecular flexibility index (Phi) is 2.12. The molecule has 5 heteroatoms. The molecule has 0 amide bonds. The number of aromatic nitrogens is 4. The Labute approximate surface area is 97.6 Å². The van der Waals surface area contributed by atoms with Crippen molar-refractivity contribution < 1.29 is 0 Å². The third-order valence-electron chi connectivity index (χ3n) is 2.60. The fraction of sp³-hybridized carbons (Fsp3) is 0.0833. The first-order valence-corrected chi connectivity index (χ1v) is 5.20. The van der Waals surface area contributed by atoms with E-state index in [-0.39, 0.29) is 0 Å². The van der Waals surface area contributed by atoms with Gasteiger partial charge in [-0.15, -0.1) is 0 Å². The van der Waals surface area contributed by atoms with Crippen molar-refractivity contribution in [1.82, 2.24) is 19.2 Å². The summed E-state index contributed by atoms with van der Waals surface area (Å²) in [6.45, 7) is 0.328. The van der Waals surface area contributed by atoms with Crippen molar-refractivity contribution in [2.75, 3.05) is 0 Å². The zero-order valence-electron chi connectivity index (χ0n) is 8.98. The van der Waals surface area contributed by atoms with Crippen LogP contribution in [0.15, 0.2) is 43.0 Å². The smallest absolute Gasteiger partial charge is 0.137 e. The number of rotatable bonds is 2. The van der Waals surface area contributed by atoms with Gasteiger partial charge in [-0.3, -0.25) is 4.98 Å². The van der Waals surface area contributed by atoms with Crippen molar-refractivity contribution in [3.8, 4) is 17.3 Å². The highest BCUT2D eigenvalue weighted by Crippen LogP contribution is 2.18.